The Kier molecular flexibility index (Phi) is 7.54. The molecule has 21 heavy (non-hydrogen) atoms. The number of nitrogens with one attached hydrogen (secondary N) is 1. The summed E-state index contributed by atoms with van der Waals surface area (Å²) in [6.45, 7) is 4.83. The highest BCUT2D eigenvalue weighted by Crippen LogP contribution is 2.27. The van der Waals surface area contributed by atoms with E-state index in [-0.39, 0.29) is 18.3 Å². The molecule has 1 aromatic rings. The van der Waals surface area contributed by atoms with Crippen molar-refractivity contribution in [3.63, 3.8) is 0 Å². The van der Waals surface area contributed by atoms with E-state index >= 15 is 0 Å². The lowest BCUT2D eigenvalue weighted by atomic mass is 10.2. The first-order chi connectivity index (χ1) is 9.72. The minimum atomic E-state index is 0. The van der Waals surface area contributed by atoms with Gasteiger partial charge in [0.05, 0.1) is 13.7 Å². The third-order valence-electron chi connectivity index (χ3n) is 3.67. The van der Waals surface area contributed by atoms with Crippen LogP contribution in [0.5, 0.6) is 5.75 Å². The number of benzene rings is 1. The van der Waals surface area contributed by atoms with E-state index < -0.39 is 0 Å². The predicted molar refractivity (Wildman–Crippen MR) is 86.9 cm³/mol. The Bertz CT molecular complexity index is 432. The summed E-state index contributed by atoms with van der Waals surface area (Å²) in [6.07, 6.45) is 2.62. The first kappa shape index (κ1) is 17.8. The molecular formula is C16H25ClN2O2. The van der Waals surface area contributed by atoms with Gasteiger partial charge in [0.15, 0.2) is 0 Å². The number of rotatable bonds is 8. The summed E-state index contributed by atoms with van der Waals surface area (Å²) in [7, 11) is 1.66. The average Bonchev–Trinajstić information content (AvgIpc) is 3.29. The maximum atomic E-state index is 12.1. The van der Waals surface area contributed by atoms with Crippen LogP contribution in [-0.4, -0.2) is 37.6 Å². The quantitative estimate of drug-likeness (QED) is 0.802. The Labute approximate surface area is 133 Å². The van der Waals surface area contributed by atoms with Gasteiger partial charge in [0.25, 0.3) is 0 Å². The highest BCUT2D eigenvalue weighted by molar-refractivity contribution is 5.85. The Morgan fingerprint density at radius 3 is 2.52 bits per heavy atom. The fraction of sp³-hybridized carbons (Fsp3) is 0.562. The molecule has 118 valence electrons. The number of halogens is 1. The van der Waals surface area contributed by atoms with Crippen molar-refractivity contribution in [2.24, 2.45) is 5.92 Å². The molecule has 4 nitrogen and oxygen atoms in total. The lowest BCUT2D eigenvalue weighted by molar-refractivity contribution is -0.130. The van der Waals surface area contributed by atoms with Crippen molar-refractivity contribution < 1.29 is 9.53 Å². The van der Waals surface area contributed by atoms with Crippen LogP contribution in [0.4, 0.5) is 0 Å². The van der Waals surface area contributed by atoms with Crippen molar-refractivity contribution in [2.75, 3.05) is 26.7 Å². The van der Waals surface area contributed by atoms with E-state index in [1.165, 1.54) is 12.8 Å². The molecule has 1 aliphatic rings. The molecular weight excluding hydrogens is 288 g/mol. The van der Waals surface area contributed by atoms with Crippen molar-refractivity contribution >= 4 is 18.3 Å². The summed E-state index contributed by atoms with van der Waals surface area (Å²) >= 11 is 0. The second-order valence-electron chi connectivity index (χ2n) is 5.33. The molecule has 1 aromatic carbocycles. The number of hydrogen-bond donors (Lipinski definition) is 1. The van der Waals surface area contributed by atoms with Crippen LogP contribution in [0, 0.1) is 5.92 Å². The van der Waals surface area contributed by atoms with Crippen molar-refractivity contribution in [3.05, 3.63) is 29.8 Å². The van der Waals surface area contributed by atoms with Crippen LogP contribution in [0.25, 0.3) is 0 Å². The molecule has 0 unspecified atom stereocenters. The molecule has 0 aromatic heterocycles. The fourth-order valence-corrected chi connectivity index (χ4v) is 2.14. The molecule has 0 aliphatic heterocycles. The van der Waals surface area contributed by atoms with Crippen LogP contribution in [0.15, 0.2) is 24.3 Å². The van der Waals surface area contributed by atoms with Gasteiger partial charge in [0.2, 0.25) is 5.91 Å². The Balaban J connectivity index is 0.00000220. The van der Waals surface area contributed by atoms with E-state index in [0.29, 0.717) is 13.1 Å². The second kappa shape index (κ2) is 8.90. The molecule has 0 atom stereocenters. The maximum Gasteiger partial charge on any atom is 0.236 e. The van der Waals surface area contributed by atoms with E-state index in [9.17, 15) is 4.79 Å². The smallest absolute Gasteiger partial charge is 0.236 e. The van der Waals surface area contributed by atoms with Crippen molar-refractivity contribution in [1.82, 2.24) is 10.2 Å². The molecule has 5 heteroatoms. The van der Waals surface area contributed by atoms with Crippen LogP contribution in [0.2, 0.25) is 0 Å². The summed E-state index contributed by atoms with van der Waals surface area (Å²) in [4.78, 5) is 14.0. The zero-order chi connectivity index (χ0) is 14.4. The van der Waals surface area contributed by atoms with Gasteiger partial charge >= 0.3 is 0 Å². The highest BCUT2D eigenvalue weighted by atomic mass is 35.5. The summed E-state index contributed by atoms with van der Waals surface area (Å²) in [5, 5.41) is 3.25. The number of methoxy groups -OCH3 is 1. The Morgan fingerprint density at radius 1 is 1.33 bits per heavy atom. The molecule has 0 bridgehead atoms. The number of likely N-dealkylation sites (N-methyl/N-ethyl adjacent to an activating group) is 1. The SMILES string of the molecule is CCN(Cc1ccc(OC)cc1)C(=O)CNCC1CC1.Cl. The van der Waals surface area contributed by atoms with Crippen LogP contribution < -0.4 is 10.1 Å². The van der Waals surface area contributed by atoms with Gasteiger partial charge in [-0.15, -0.1) is 12.4 Å². The van der Waals surface area contributed by atoms with Gasteiger partial charge in [0, 0.05) is 13.1 Å². The van der Waals surface area contributed by atoms with Crippen molar-refractivity contribution in [2.45, 2.75) is 26.3 Å². The number of nitrogens with zero attached hydrogens (tertiary/aromatic N) is 1. The minimum Gasteiger partial charge on any atom is -0.497 e. The Hall–Kier alpha value is -1.26. The van der Waals surface area contributed by atoms with Gasteiger partial charge < -0.3 is 15.0 Å². The van der Waals surface area contributed by atoms with Crippen molar-refractivity contribution in [3.8, 4) is 5.75 Å². The largest absolute Gasteiger partial charge is 0.497 e. The normalized spacial score (nSPS) is 13.4. The molecule has 0 radical (unpaired) electrons. The first-order valence-corrected chi connectivity index (χ1v) is 7.34. The standard InChI is InChI=1S/C16H24N2O2.ClH/c1-3-18(16(19)11-17-10-13-4-5-13)12-14-6-8-15(20-2)9-7-14;/h6-9,13,17H,3-5,10-12H2,1-2H3;1H. The monoisotopic (exact) mass is 312 g/mol. The number of hydrogen-bond acceptors (Lipinski definition) is 3. The lowest BCUT2D eigenvalue weighted by Crippen LogP contribution is -2.38. The van der Waals surface area contributed by atoms with Crippen LogP contribution >= 0.6 is 12.4 Å². The molecule has 1 N–H and O–H groups in total. The van der Waals surface area contributed by atoms with Crippen LogP contribution in [-0.2, 0) is 11.3 Å². The number of carbonyl (C=O) groups is 1. The number of ether oxygens (including phenoxy) is 1. The van der Waals surface area contributed by atoms with Crippen LogP contribution in [0.3, 0.4) is 0 Å². The van der Waals surface area contributed by atoms with Gasteiger partial charge in [-0.1, -0.05) is 12.1 Å². The van der Waals surface area contributed by atoms with Gasteiger partial charge in [-0.2, -0.15) is 0 Å². The maximum absolute atomic E-state index is 12.1. The summed E-state index contributed by atoms with van der Waals surface area (Å²) in [5.74, 6) is 1.82. The van der Waals surface area contributed by atoms with E-state index in [1.54, 1.807) is 7.11 Å². The highest BCUT2D eigenvalue weighted by Gasteiger charge is 2.21. The molecule has 2 rings (SSSR count). The molecule has 0 heterocycles. The third kappa shape index (κ3) is 5.94. The first-order valence-electron chi connectivity index (χ1n) is 7.34. The molecule has 1 aliphatic carbocycles. The number of carbonyl (C=O) groups excluding carboxylic acids is 1. The Morgan fingerprint density at radius 2 is 2.00 bits per heavy atom. The predicted octanol–water partition coefficient (Wildman–Crippen LogP) is 2.47. The minimum absolute atomic E-state index is 0. The molecule has 1 fully saturated rings. The third-order valence-corrected chi connectivity index (χ3v) is 3.67. The molecule has 0 spiro atoms. The summed E-state index contributed by atoms with van der Waals surface area (Å²) < 4.78 is 5.14. The lowest BCUT2D eigenvalue weighted by Gasteiger charge is -2.21. The molecule has 1 amide bonds. The fourth-order valence-electron chi connectivity index (χ4n) is 2.14. The van der Waals surface area contributed by atoms with Gasteiger partial charge in [0.1, 0.15) is 5.75 Å². The summed E-state index contributed by atoms with van der Waals surface area (Å²) in [5.41, 5.74) is 1.13. The number of amides is 1. The second-order valence-corrected chi connectivity index (χ2v) is 5.33. The van der Waals surface area contributed by atoms with Crippen LogP contribution in [0.1, 0.15) is 25.3 Å². The van der Waals surface area contributed by atoms with Gasteiger partial charge in [-0.3, -0.25) is 4.79 Å². The molecule has 1 saturated carbocycles. The zero-order valence-electron chi connectivity index (χ0n) is 12.8. The van der Waals surface area contributed by atoms with E-state index in [4.69, 9.17) is 4.74 Å². The average molecular weight is 313 g/mol. The van der Waals surface area contributed by atoms with E-state index in [0.717, 1.165) is 30.3 Å². The van der Waals surface area contributed by atoms with E-state index in [2.05, 4.69) is 5.32 Å². The van der Waals surface area contributed by atoms with Gasteiger partial charge in [-0.05, 0) is 49.9 Å². The summed E-state index contributed by atoms with van der Waals surface area (Å²) in [6, 6.07) is 7.87. The zero-order valence-corrected chi connectivity index (χ0v) is 13.6. The topological polar surface area (TPSA) is 41.6 Å². The van der Waals surface area contributed by atoms with Crippen molar-refractivity contribution in [1.29, 1.82) is 0 Å². The van der Waals surface area contributed by atoms with E-state index in [1.807, 2.05) is 36.1 Å². The van der Waals surface area contributed by atoms with Gasteiger partial charge in [-0.25, -0.2) is 0 Å². The molecule has 0 saturated heterocycles.